The van der Waals surface area contributed by atoms with E-state index in [1.54, 1.807) is 0 Å². The third-order valence-electron chi connectivity index (χ3n) is 4.25. The minimum absolute atomic E-state index is 0.914. The second-order valence-corrected chi connectivity index (χ2v) is 6.46. The molecule has 1 aromatic heterocycles. The Bertz CT molecular complexity index is 633. The van der Waals surface area contributed by atoms with Gasteiger partial charge in [0.25, 0.3) is 0 Å². The maximum atomic E-state index is 4.62. The van der Waals surface area contributed by atoms with Crippen molar-refractivity contribution < 1.29 is 0 Å². The van der Waals surface area contributed by atoms with Gasteiger partial charge in [-0.2, -0.15) is 5.10 Å². The van der Waals surface area contributed by atoms with Crippen LogP contribution in [0, 0.1) is 6.92 Å². The monoisotopic (exact) mass is 347 g/mol. The van der Waals surface area contributed by atoms with E-state index in [1.165, 1.54) is 36.2 Å². The first kappa shape index (κ1) is 14.6. The van der Waals surface area contributed by atoms with Gasteiger partial charge in [0, 0.05) is 18.8 Å². The quantitative estimate of drug-likeness (QED) is 0.824. The molecule has 0 aliphatic carbocycles. The van der Waals surface area contributed by atoms with Crippen LogP contribution in [0.1, 0.15) is 36.7 Å². The zero-order valence-corrected chi connectivity index (χ0v) is 14.4. The average molecular weight is 348 g/mol. The van der Waals surface area contributed by atoms with E-state index in [2.05, 4.69) is 68.7 Å². The fourth-order valence-electron chi connectivity index (χ4n) is 3.13. The topological polar surface area (TPSA) is 21.1 Å². The first-order valence-electron chi connectivity index (χ1n) is 7.75. The molecule has 0 fully saturated rings. The summed E-state index contributed by atoms with van der Waals surface area (Å²) >= 11 is 3.72. The minimum atomic E-state index is 0.914. The van der Waals surface area contributed by atoms with Crippen molar-refractivity contribution in [3.05, 3.63) is 45.7 Å². The summed E-state index contributed by atoms with van der Waals surface area (Å²) in [5.41, 5.74) is 5.23. The maximum absolute atomic E-state index is 4.62. The normalized spacial score (nSPS) is 14.9. The number of aryl methyl sites for hydroxylation is 3. The maximum Gasteiger partial charge on any atom is 0.0739 e. The van der Waals surface area contributed by atoms with Crippen LogP contribution in [0.5, 0.6) is 0 Å². The smallest absolute Gasteiger partial charge is 0.0739 e. The molecule has 0 unspecified atom stereocenters. The highest BCUT2D eigenvalue weighted by Crippen LogP contribution is 2.30. The van der Waals surface area contributed by atoms with Gasteiger partial charge in [0.1, 0.15) is 0 Å². The molecule has 3 rings (SSSR count). The Labute approximate surface area is 135 Å². The number of halogens is 1. The highest BCUT2D eigenvalue weighted by Gasteiger charge is 2.19. The second-order valence-electron chi connectivity index (χ2n) is 5.67. The van der Waals surface area contributed by atoms with E-state index in [9.17, 15) is 0 Å². The average Bonchev–Trinajstić information content (AvgIpc) is 2.67. The number of hydrogen-bond donors (Lipinski definition) is 0. The van der Waals surface area contributed by atoms with E-state index in [4.69, 9.17) is 0 Å². The molecule has 112 valence electrons. The van der Waals surface area contributed by atoms with Crippen LogP contribution in [0.25, 0.3) is 0 Å². The molecule has 0 N–H and O–H groups in total. The molecule has 1 aromatic carbocycles. The number of rotatable bonds is 3. The van der Waals surface area contributed by atoms with Gasteiger partial charge in [-0.3, -0.25) is 4.68 Å². The van der Waals surface area contributed by atoms with Gasteiger partial charge in [-0.1, -0.05) is 18.2 Å². The third kappa shape index (κ3) is 2.86. The highest BCUT2D eigenvalue weighted by molar-refractivity contribution is 9.10. The number of anilines is 1. The summed E-state index contributed by atoms with van der Waals surface area (Å²) in [4.78, 5) is 2.51. The number of benzene rings is 1. The van der Waals surface area contributed by atoms with Gasteiger partial charge in [-0.15, -0.1) is 0 Å². The highest BCUT2D eigenvalue weighted by atomic mass is 79.9. The molecule has 1 aliphatic heterocycles. The number of hydrogen-bond acceptors (Lipinski definition) is 2. The first-order chi connectivity index (χ1) is 10.2. The van der Waals surface area contributed by atoms with E-state index in [0.717, 1.165) is 29.8 Å². The summed E-state index contributed by atoms with van der Waals surface area (Å²) in [6.45, 7) is 7.18. The molecule has 21 heavy (non-hydrogen) atoms. The Balaban J connectivity index is 1.95. The van der Waals surface area contributed by atoms with Crippen molar-refractivity contribution in [2.75, 3.05) is 11.4 Å². The number of nitrogens with zero attached hydrogens (tertiary/aromatic N) is 3. The first-order valence-corrected chi connectivity index (χ1v) is 8.54. The van der Waals surface area contributed by atoms with E-state index in [-0.39, 0.29) is 0 Å². The molecule has 0 saturated carbocycles. The fraction of sp³-hybridized carbons (Fsp3) is 0.471. The molecule has 0 bridgehead atoms. The van der Waals surface area contributed by atoms with Crippen LogP contribution < -0.4 is 4.90 Å². The van der Waals surface area contributed by atoms with E-state index >= 15 is 0 Å². The summed E-state index contributed by atoms with van der Waals surface area (Å²) in [5.74, 6) is 0. The van der Waals surface area contributed by atoms with Crippen molar-refractivity contribution in [2.45, 2.75) is 46.2 Å². The lowest BCUT2D eigenvalue weighted by Crippen LogP contribution is -2.25. The van der Waals surface area contributed by atoms with E-state index < -0.39 is 0 Å². The van der Waals surface area contributed by atoms with Crippen LogP contribution in [-0.2, 0) is 19.5 Å². The molecule has 1 aliphatic rings. The summed E-state index contributed by atoms with van der Waals surface area (Å²) in [6.07, 6.45) is 3.73. The summed E-state index contributed by atoms with van der Waals surface area (Å²) in [5, 5.41) is 4.62. The lowest BCUT2D eigenvalue weighted by Gasteiger charge is -2.25. The SMILES string of the molecule is CCn1nc(C)c(Br)c1CN1CCCCc2ccccc21. The summed E-state index contributed by atoms with van der Waals surface area (Å²) in [6, 6.07) is 8.83. The number of aromatic nitrogens is 2. The predicted octanol–water partition coefficient (Wildman–Crippen LogP) is 4.32. The van der Waals surface area contributed by atoms with Crippen molar-refractivity contribution >= 4 is 21.6 Å². The predicted molar refractivity (Wildman–Crippen MR) is 90.8 cm³/mol. The summed E-state index contributed by atoms with van der Waals surface area (Å²) in [7, 11) is 0. The Hall–Kier alpha value is -1.29. The van der Waals surface area contributed by atoms with Crippen LogP contribution in [0.3, 0.4) is 0 Å². The molecule has 2 heterocycles. The third-order valence-corrected chi connectivity index (χ3v) is 5.28. The van der Waals surface area contributed by atoms with Gasteiger partial charge >= 0.3 is 0 Å². The molecule has 0 saturated heterocycles. The molecule has 3 nitrogen and oxygen atoms in total. The molecular formula is C17H22BrN3. The van der Waals surface area contributed by atoms with E-state index in [1.807, 2.05) is 0 Å². The molecular weight excluding hydrogens is 326 g/mol. The number of para-hydroxylation sites is 1. The van der Waals surface area contributed by atoms with Crippen molar-refractivity contribution in [3.8, 4) is 0 Å². The largest absolute Gasteiger partial charge is 0.365 e. The molecule has 0 radical (unpaired) electrons. The Morgan fingerprint density at radius 3 is 2.86 bits per heavy atom. The van der Waals surface area contributed by atoms with Crippen molar-refractivity contribution in [1.82, 2.24) is 9.78 Å². The van der Waals surface area contributed by atoms with Crippen LogP contribution in [0.2, 0.25) is 0 Å². The standard InChI is InChI=1S/C17H22BrN3/c1-3-21-16(17(18)13(2)19-21)12-20-11-7-6-9-14-8-4-5-10-15(14)20/h4-5,8,10H,3,6-7,9,11-12H2,1-2H3. The van der Waals surface area contributed by atoms with Crippen molar-refractivity contribution in [1.29, 1.82) is 0 Å². The zero-order valence-electron chi connectivity index (χ0n) is 12.8. The van der Waals surface area contributed by atoms with Crippen LogP contribution in [-0.4, -0.2) is 16.3 Å². The van der Waals surface area contributed by atoms with Crippen molar-refractivity contribution in [2.24, 2.45) is 0 Å². The van der Waals surface area contributed by atoms with Gasteiger partial charge in [-0.25, -0.2) is 0 Å². The van der Waals surface area contributed by atoms with E-state index in [0.29, 0.717) is 0 Å². The molecule has 0 spiro atoms. The van der Waals surface area contributed by atoms with Gasteiger partial charge in [0.2, 0.25) is 0 Å². The van der Waals surface area contributed by atoms with Crippen LogP contribution >= 0.6 is 15.9 Å². The Morgan fingerprint density at radius 1 is 1.24 bits per heavy atom. The molecule has 0 amide bonds. The van der Waals surface area contributed by atoms with Gasteiger partial charge in [0.05, 0.1) is 22.4 Å². The lowest BCUT2D eigenvalue weighted by atomic mass is 10.1. The van der Waals surface area contributed by atoms with Gasteiger partial charge < -0.3 is 4.90 Å². The zero-order chi connectivity index (χ0) is 14.8. The lowest BCUT2D eigenvalue weighted by molar-refractivity contribution is 0.601. The van der Waals surface area contributed by atoms with Gasteiger partial charge in [0.15, 0.2) is 0 Å². The Kier molecular flexibility index (Phi) is 4.34. The molecule has 2 aromatic rings. The second kappa shape index (κ2) is 6.22. The molecule has 4 heteroatoms. The minimum Gasteiger partial charge on any atom is -0.365 e. The summed E-state index contributed by atoms with van der Waals surface area (Å²) < 4.78 is 3.28. The fourth-order valence-corrected chi connectivity index (χ4v) is 3.54. The van der Waals surface area contributed by atoms with Crippen LogP contribution in [0.15, 0.2) is 28.7 Å². The van der Waals surface area contributed by atoms with Crippen LogP contribution in [0.4, 0.5) is 5.69 Å². The molecule has 0 atom stereocenters. The van der Waals surface area contributed by atoms with Crippen molar-refractivity contribution in [3.63, 3.8) is 0 Å². The van der Waals surface area contributed by atoms with Gasteiger partial charge in [-0.05, 0) is 60.7 Å². The Morgan fingerprint density at radius 2 is 2.05 bits per heavy atom. The number of fused-ring (bicyclic) bond motifs is 1.